The lowest BCUT2D eigenvalue weighted by Crippen LogP contribution is -2.23. The summed E-state index contributed by atoms with van der Waals surface area (Å²) in [6.45, 7) is 2.67. The van der Waals surface area contributed by atoms with Gasteiger partial charge in [-0.25, -0.2) is 18.1 Å². The van der Waals surface area contributed by atoms with Crippen LogP contribution in [0.3, 0.4) is 0 Å². The number of aryl methyl sites for hydroxylation is 1. The number of thiazole rings is 1. The van der Waals surface area contributed by atoms with Crippen molar-refractivity contribution in [2.75, 3.05) is 7.05 Å². The second kappa shape index (κ2) is 6.85. The van der Waals surface area contributed by atoms with Crippen LogP contribution in [0.4, 0.5) is 0 Å². The van der Waals surface area contributed by atoms with Gasteiger partial charge in [-0.3, -0.25) is 0 Å². The van der Waals surface area contributed by atoms with Gasteiger partial charge >= 0.3 is 0 Å². The van der Waals surface area contributed by atoms with E-state index in [9.17, 15) is 8.42 Å². The van der Waals surface area contributed by atoms with Crippen LogP contribution in [-0.2, 0) is 23.1 Å². The molecular weight excluding hydrogens is 330 g/mol. The number of rotatable bonds is 6. The van der Waals surface area contributed by atoms with Crippen molar-refractivity contribution in [3.63, 3.8) is 0 Å². The van der Waals surface area contributed by atoms with Crippen molar-refractivity contribution in [2.24, 2.45) is 0 Å². The smallest absolute Gasteiger partial charge is 0.240 e. The van der Waals surface area contributed by atoms with Crippen LogP contribution in [0.15, 0.2) is 28.6 Å². The van der Waals surface area contributed by atoms with Crippen molar-refractivity contribution in [3.05, 3.63) is 44.9 Å². The van der Waals surface area contributed by atoms with Gasteiger partial charge in [0.25, 0.3) is 0 Å². The van der Waals surface area contributed by atoms with Crippen molar-refractivity contribution < 1.29 is 8.42 Å². The highest BCUT2D eigenvalue weighted by molar-refractivity contribution is 7.89. The van der Waals surface area contributed by atoms with Gasteiger partial charge < -0.3 is 5.32 Å². The van der Waals surface area contributed by atoms with Crippen LogP contribution in [0.2, 0.25) is 5.02 Å². The summed E-state index contributed by atoms with van der Waals surface area (Å²) in [5, 5.41) is 3.41. The fraction of sp³-hybridized carbons (Fsp3) is 0.308. The maximum absolute atomic E-state index is 12.3. The minimum absolute atomic E-state index is 0.162. The van der Waals surface area contributed by atoms with E-state index in [1.165, 1.54) is 17.4 Å². The molecule has 0 aliphatic heterocycles. The first-order valence-electron chi connectivity index (χ1n) is 6.25. The number of hydrogen-bond acceptors (Lipinski definition) is 5. The largest absolute Gasteiger partial charge is 0.316 e. The van der Waals surface area contributed by atoms with E-state index in [0.29, 0.717) is 11.6 Å². The number of benzene rings is 1. The summed E-state index contributed by atoms with van der Waals surface area (Å²) >= 11 is 7.52. The van der Waals surface area contributed by atoms with Gasteiger partial charge in [-0.05, 0) is 31.7 Å². The zero-order chi connectivity index (χ0) is 15.5. The predicted octanol–water partition coefficient (Wildman–Crippen LogP) is 2.30. The standard InChI is InChI=1S/C13H16ClN3O2S2/c1-9-13(20-8-16-9)7-17-21(18,19)11-4-3-10(6-15-2)12(14)5-11/h3-5,8,15,17H,6-7H2,1-2H3. The summed E-state index contributed by atoms with van der Waals surface area (Å²) < 4.78 is 27.1. The Morgan fingerprint density at radius 1 is 1.33 bits per heavy atom. The molecule has 0 spiro atoms. The topological polar surface area (TPSA) is 71.1 Å². The van der Waals surface area contributed by atoms with Gasteiger partial charge in [0.15, 0.2) is 0 Å². The lowest BCUT2D eigenvalue weighted by Gasteiger charge is -2.09. The van der Waals surface area contributed by atoms with Crippen molar-refractivity contribution >= 4 is 33.0 Å². The van der Waals surface area contributed by atoms with Gasteiger partial charge in [-0.2, -0.15) is 0 Å². The number of hydrogen-bond donors (Lipinski definition) is 2. The molecule has 0 saturated carbocycles. The Morgan fingerprint density at radius 2 is 2.10 bits per heavy atom. The fourth-order valence-corrected chi connectivity index (χ4v) is 3.91. The first-order chi connectivity index (χ1) is 9.94. The fourth-order valence-electron chi connectivity index (χ4n) is 1.77. The molecule has 1 heterocycles. The first kappa shape index (κ1) is 16.4. The molecule has 0 atom stereocenters. The lowest BCUT2D eigenvalue weighted by atomic mass is 10.2. The summed E-state index contributed by atoms with van der Waals surface area (Å²) in [7, 11) is -1.78. The van der Waals surface area contributed by atoms with Crippen LogP contribution in [0, 0.1) is 6.92 Å². The molecule has 2 rings (SSSR count). The molecule has 0 amide bonds. The second-order valence-electron chi connectivity index (χ2n) is 4.47. The van der Waals surface area contributed by atoms with Gasteiger partial charge in [-0.1, -0.05) is 17.7 Å². The molecule has 0 bridgehead atoms. The highest BCUT2D eigenvalue weighted by Crippen LogP contribution is 2.21. The van der Waals surface area contributed by atoms with E-state index in [4.69, 9.17) is 11.6 Å². The summed E-state index contributed by atoms with van der Waals surface area (Å²) in [6, 6.07) is 4.74. The molecule has 114 valence electrons. The Morgan fingerprint density at radius 3 is 2.67 bits per heavy atom. The Kier molecular flexibility index (Phi) is 5.34. The Labute approximate surface area is 133 Å². The van der Waals surface area contributed by atoms with E-state index < -0.39 is 10.0 Å². The van der Waals surface area contributed by atoms with E-state index in [0.717, 1.165) is 16.1 Å². The van der Waals surface area contributed by atoms with Crippen LogP contribution in [0.5, 0.6) is 0 Å². The molecule has 0 saturated heterocycles. The van der Waals surface area contributed by atoms with Gasteiger partial charge in [0, 0.05) is 23.0 Å². The van der Waals surface area contributed by atoms with Crippen molar-refractivity contribution in [2.45, 2.75) is 24.9 Å². The van der Waals surface area contributed by atoms with Gasteiger partial charge in [-0.15, -0.1) is 11.3 Å². The van der Waals surface area contributed by atoms with E-state index in [-0.39, 0.29) is 11.4 Å². The summed E-state index contributed by atoms with van der Waals surface area (Å²) in [5.74, 6) is 0. The summed E-state index contributed by atoms with van der Waals surface area (Å²) in [4.78, 5) is 5.15. The molecule has 2 aromatic rings. The van der Waals surface area contributed by atoms with Crippen LogP contribution >= 0.6 is 22.9 Å². The van der Waals surface area contributed by atoms with Crippen LogP contribution in [0.25, 0.3) is 0 Å². The predicted molar refractivity (Wildman–Crippen MR) is 85.1 cm³/mol. The molecule has 5 nitrogen and oxygen atoms in total. The highest BCUT2D eigenvalue weighted by Gasteiger charge is 2.16. The maximum atomic E-state index is 12.3. The Hall–Kier alpha value is -0.990. The minimum atomic E-state index is -3.58. The molecule has 1 aromatic carbocycles. The van der Waals surface area contributed by atoms with Crippen LogP contribution in [0.1, 0.15) is 16.1 Å². The second-order valence-corrected chi connectivity index (χ2v) is 7.58. The molecule has 0 fully saturated rings. The number of nitrogens with one attached hydrogen (secondary N) is 2. The molecule has 1 aromatic heterocycles. The quantitative estimate of drug-likeness (QED) is 0.842. The van der Waals surface area contributed by atoms with E-state index in [1.807, 2.05) is 6.92 Å². The average Bonchev–Trinajstić information content (AvgIpc) is 2.84. The third kappa shape index (κ3) is 4.02. The Bertz CT molecular complexity index is 729. The molecule has 8 heteroatoms. The van der Waals surface area contributed by atoms with Gasteiger partial charge in [0.05, 0.1) is 16.1 Å². The van der Waals surface area contributed by atoms with Crippen LogP contribution < -0.4 is 10.0 Å². The maximum Gasteiger partial charge on any atom is 0.240 e. The Balaban J connectivity index is 2.16. The van der Waals surface area contributed by atoms with Gasteiger partial charge in [0.1, 0.15) is 0 Å². The number of aromatic nitrogens is 1. The first-order valence-corrected chi connectivity index (χ1v) is 9.00. The zero-order valence-corrected chi connectivity index (χ0v) is 14.1. The molecule has 21 heavy (non-hydrogen) atoms. The third-order valence-electron chi connectivity index (χ3n) is 2.97. The highest BCUT2D eigenvalue weighted by atomic mass is 35.5. The molecule has 2 N–H and O–H groups in total. The number of sulfonamides is 1. The molecule has 0 unspecified atom stereocenters. The van der Waals surface area contributed by atoms with E-state index in [2.05, 4.69) is 15.0 Å². The van der Waals surface area contributed by atoms with E-state index in [1.54, 1.807) is 24.7 Å². The molecule has 0 radical (unpaired) electrons. The normalized spacial score (nSPS) is 11.8. The summed E-state index contributed by atoms with van der Waals surface area (Å²) in [6.07, 6.45) is 0. The number of halogens is 1. The zero-order valence-electron chi connectivity index (χ0n) is 11.7. The van der Waals surface area contributed by atoms with Crippen molar-refractivity contribution in [1.29, 1.82) is 0 Å². The van der Waals surface area contributed by atoms with Crippen LogP contribution in [-0.4, -0.2) is 20.4 Å². The third-order valence-corrected chi connectivity index (χ3v) is 5.66. The summed E-state index contributed by atoms with van der Waals surface area (Å²) in [5.41, 5.74) is 3.39. The minimum Gasteiger partial charge on any atom is -0.316 e. The molecular formula is C13H16ClN3O2S2. The van der Waals surface area contributed by atoms with E-state index >= 15 is 0 Å². The lowest BCUT2D eigenvalue weighted by molar-refractivity contribution is 0.581. The molecule has 0 aliphatic carbocycles. The van der Waals surface area contributed by atoms with Crippen molar-refractivity contribution in [3.8, 4) is 0 Å². The SMILES string of the molecule is CNCc1ccc(S(=O)(=O)NCc2scnc2C)cc1Cl. The average molecular weight is 346 g/mol. The van der Waals surface area contributed by atoms with Crippen molar-refractivity contribution in [1.82, 2.24) is 15.0 Å². The van der Waals surface area contributed by atoms with Gasteiger partial charge in [0.2, 0.25) is 10.0 Å². The monoisotopic (exact) mass is 345 g/mol. The number of nitrogens with zero attached hydrogens (tertiary/aromatic N) is 1. The molecule has 0 aliphatic rings.